The molecule has 0 aromatic heterocycles. The Morgan fingerprint density at radius 3 is 2.72 bits per heavy atom. The standard InChI is InChI=1S/C13H16N2O3/c1-7-3-10(14)9-4-12-13(18-6-17-12)5-11(9)15(7)8(2)16/h4-5,7,10H,3,6,14H2,1-2H3. The van der Waals surface area contributed by atoms with Crippen molar-refractivity contribution in [1.82, 2.24) is 0 Å². The third kappa shape index (κ3) is 1.54. The maximum atomic E-state index is 11.8. The Morgan fingerprint density at radius 1 is 1.39 bits per heavy atom. The molecule has 0 bridgehead atoms. The largest absolute Gasteiger partial charge is 0.454 e. The minimum absolute atomic E-state index is 0.0227. The Balaban J connectivity index is 2.16. The molecule has 2 heterocycles. The molecule has 1 aromatic carbocycles. The van der Waals surface area contributed by atoms with Crippen LogP contribution in [0.1, 0.15) is 31.9 Å². The van der Waals surface area contributed by atoms with Gasteiger partial charge in [0.2, 0.25) is 12.7 Å². The predicted octanol–water partition coefficient (Wildman–Crippen LogP) is 1.56. The van der Waals surface area contributed by atoms with E-state index >= 15 is 0 Å². The molecule has 5 nitrogen and oxygen atoms in total. The van der Waals surface area contributed by atoms with Crippen molar-refractivity contribution in [2.24, 2.45) is 5.73 Å². The molecular weight excluding hydrogens is 232 g/mol. The minimum Gasteiger partial charge on any atom is -0.454 e. The van der Waals surface area contributed by atoms with Crippen LogP contribution < -0.4 is 20.1 Å². The van der Waals surface area contributed by atoms with Gasteiger partial charge in [0.1, 0.15) is 0 Å². The van der Waals surface area contributed by atoms with E-state index in [0.29, 0.717) is 11.5 Å². The summed E-state index contributed by atoms with van der Waals surface area (Å²) in [6.45, 7) is 3.81. The fourth-order valence-electron chi connectivity index (χ4n) is 2.77. The van der Waals surface area contributed by atoms with Gasteiger partial charge in [0, 0.05) is 25.1 Å². The lowest BCUT2D eigenvalue weighted by Gasteiger charge is -2.37. The summed E-state index contributed by atoms with van der Waals surface area (Å²) in [6, 6.07) is 3.78. The van der Waals surface area contributed by atoms with Gasteiger partial charge in [-0.15, -0.1) is 0 Å². The molecular formula is C13H16N2O3. The third-order valence-corrected chi connectivity index (χ3v) is 3.56. The van der Waals surface area contributed by atoms with E-state index in [2.05, 4.69) is 0 Å². The van der Waals surface area contributed by atoms with Gasteiger partial charge in [-0.05, 0) is 25.0 Å². The van der Waals surface area contributed by atoms with Crippen molar-refractivity contribution in [2.45, 2.75) is 32.4 Å². The maximum Gasteiger partial charge on any atom is 0.231 e. The van der Waals surface area contributed by atoms with E-state index in [9.17, 15) is 4.79 Å². The Morgan fingerprint density at radius 2 is 2.06 bits per heavy atom. The van der Waals surface area contributed by atoms with Crippen molar-refractivity contribution >= 4 is 11.6 Å². The summed E-state index contributed by atoms with van der Waals surface area (Å²) in [4.78, 5) is 13.6. The molecule has 2 aliphatic heterocycles. The number of hydrogen-bond acceptors (Lipinski definition) is 4. The molecule has 5 heteroatoms. The molecule has 2 N–H and O–H groups in total. The smallest absolute Gasteiger partial charge is 0.231 e. The molecule has 96 valence electrons. The Hall–Kier alpha value is -1.75. The summed E-state index contributed by atoms with van der Waals surface area (Å²) >= 11 is 0. The van der Waals surface area contributed by atoms with Crippen LogP contribution in [0.3, 0.4) is 0 Å². The monoisotopic (exact) mass is 248 g/mol. The molecule has 3 rings (SSSR count). The Bertz CT molecular complexity index is 515. The van der Waals surface area contributed by atoms with E-state index in [4.69, 9.17) is 15.2 Å². The number of rotatable bonds is 0. The Kier molecular flexibility index (Phi) is 2.45. The lowest BCUT2D eigenvalue weighted by molar-refractivity contribution is -0.117. The average molecular weight is 248 g/mol. The molecule has 0 spiro atoms. The van der Waals surface area contributed by atoms with Crippen molar-refractivity contribution < 1.29 is 14.3 Å². The van der Waals surface area contributed by atoms with Crippen molar-refractivity contribution in [3.63, 3.8) is 0 Å². The molecule has 2 unspecified atom stereocenters. The van der Waals surface area contributed by atoms with Crippen LogP contribution in [-0.4, -0.2) is 18.7 Å². The second-order valence-corrected chi connectivity index (χ2v) is 4.84. The average Bonchev–Trinajstić information content (AvgIpc) is 2.73. The van der Waals surface area contributed by atoms with Gasteiger partial charge in [-0.2, -0.15) is 0 Å². The molecule has 0 aliphatic carbocycles. The SMILES string of the molecule is CC(=O)N1c2cc3c(cc2C(N)CC1C)OCO3. The van der Waals surface area contributed by atoms with Crippen molar-refractivity contribution in [1.29, 1.82) is 0 Å². The van der Waals surface area contributed by atoms with Crippen LogP contribution in [0.15, 0.2) is 12.1 Å². The number of carbonyl (C=O) groups is 1. The van der Waals surface area contributed by atoms with Crippen LogP contribution in [0.4, 0.5) is 5.69 Å². The van der Waals surface area contributed by atoms with Gasteiger partial charge in [-0.3, -0.25) is 4.79 Å². The van der Waals surface area contributed by atoms with Gasteiger partial charge in [-0.1, -0.05) is 0 Å². The highest BCUT2D eigenvalue weighted by Crippen LogP contribution is 2.44. The molecule has 0 saturated carbocycles. The van der Waals surface area contributed by atoms with Gasteiger partial charge in [0.15, 0.2) is 11.5 Å². The van der Waals surface area contributed by atoms with Crippen molar-refractivity contribution in [3.05, 3.63) is 17.7 Å². The zero-order valence-corrected chi connectivity index (χ0v) is 10.5. The maximum absolute atomic E-state index is 11.8. The number of nitrogens with zero attached hydrogens (tertiary/aromatic N) is 1. The van der Waals surface area contributed by atoms with E-state index in [1.165, 1.54) is 0 Å². The number of fused-ring (bicyclic) bond motifs is 2. The fraction of sp³-hybridized carbons (Fsp3) is 0.462. The van der Waals surface area contributed by atoms with Crippen LogP contribution in [0.25, 0.3) is 0 Å². The number of carbonyl (C=O) groups excluding carboxylic acids is 1. The normalized spacial score (nSPS) is 24.9. The first-order valence-corrected chi connectivity index (χ1v) is 6.07. The van der Waals surface area contributed by atoms with E-state index < -0.39 is 0 Å². The molecule has 0 fully saturated rings. The van der Waals surface area contributed by atoms with Crippen LogP contribution in [-0.2, 0) is 4.79 Å². The summed E-state index contributed by atoms with van der Waals surface area (Å²) in [5, 5.41) is 0. The number of anilines is 1. The molecule has 1 amide bonds. The molecule has 0 radical (unpaired) electrons. The van der Waals surface area contributed by atoms with Crippen molar-refractivity contribution in [2.75, 3.05) is 11.7 Å². The van der Waals surface area contributed by atoms with Gasteiger partial charge in [0.05, 0.1) is 5.69 Å². The van der Waals surface area contributed by atoms with Gasteiger partial charge in [-0.25, -0.2) is 0 Å². The zero-order valence-electron chi connectivity index (χ0n) is 10.5. The first-order valence-electron chi connectivity index (χ1n) is 6.07. The molecule has 18 heavy (non-hydrogen) atoms. The van der Waals surface area contributed by atoms with Crippen LogP contribution in [0.5, 0.6) is 11.5 Å². The third-order valence-electron chi connectivity index (χ3n) is 3.56. The van der Waals surface area contributed by atoms with Crippen LogP contribution >= 0.6 is 0 Å². The summed E-state index contributed by atoms with van der Waals surface area (Å²) in [6.07, 6.45) is 0.756. The summed E-state index contributed by atoms with van der Waals surface area (Å²) in [5.74, 6) is 1.41. The van der Waals surface area contributed by atoms with E-state index in [1.54, 1.807) is 11.8 Å². The summed E-state index contributed by atoms with van der Waals surface area (Å²) in [7, 11) is 0. The molecule has 0 saturated heterocycles. The summed E-state index contributed by atoms with van der Waals surface area (Å²) < 4.78 is 10.7. The number of benzene rings is 1. The fourth-order valence-corrected chi connectivity index (χ4v) is 2.77. The van der Waals surface area contributed by atoms with Gasteiger partial charge in [0.25, 0.3) is 0 Å². The van der Waals surface area contributed by atoms with Crippen LogP contribution in [0, 0.1) is 0 Å². The Labute approximate surface area is 105 Å². The first kappa shape index (κ1) is 11.3. The number of nitrogens with two attached hydrogens (primary N) is 1. The van der Waals surface area contributed by atoms with Crippen molar-refractivity contribution in [3.8, 4) is 11.5 Å². The second-order valence-electron chi connectivity index (χ2n) is 4.84. The zero-order chi connectivity index (χ0) is 12.9. The highest BCUT2D eigenvalue weighted by molar-refractivity contribution is 5.94. The highest BCUT2D eigenvalue weighted by atomic mass is 16.7. The molecule has 2 atom stereocenters. The lowest BCUT2D eigenvalue weighted by atomic mass is 9.92. The minimum atomic E-state index is -0.0694. The number of amides is 1. The van der Waals surface area contributed by atoms with Crippen LogP contribution in [0.2, 0.25) is 0 Å². The lowest BCUT2D eigenvalue weighted by Crippen LogP contribution is -2.43. The highest BCUT2D eigenvalue weighted by Gasteiger charge is 2.33. The number of ether oxygens (including phenoxy) is 2. The molecule has 2 aliphatic rings. The van der Waals surface area contributed by atoms with Gasteiger partial charge >= 0.3 is 0 Å². The van der Waals surface area contributed by atoms with E-state index in [1.807, 2.05) is 19.1 Å². The molecule has 1 aromatic rings. The first-order chi connectivity index (χ1) is 8.58. The number of hydrogen-bond donors (Lipinski definition) is 1. The quantitative estimate of drug-likeness (QED) is 0.756. The summed E-state index contributed by atoms with van der Waals surface area (Å²) in [5.41, 5.74) is 7.96. The van der Waals surface area contributed by atoms with Gasteiger partial charge < -0.3 is 20.1 Å². The second kappa shape index (κ2) is 3.88. The predicted molar refractivity (Wildman–Crippen MR) is 66.7 cm³/mol. The topological polar surface area (TPSA) is 64.8 Å². The van der Waals surface area contributed by atoms with E-state index in [-0.39, 0.29) is 24.8 Å². The van der Waals surface area contributed by atoms with E-state index in [0.717, 1.165) is 17.7 Å².